The SMILES string of the molecule is COc1cc(C)ncc1CNC(C)C. The van der Waals surface area contributed by atoms with E-state index in [0.717, 1.165) is 23.6 Å². The monoisotopic (exact) mass is 194 g/mol. The Balaban J connectivity index is 2.75. The standard InChI is InChI=1S/C11H18N2O/c1-8(2)12-6-10-7-13-9(3)5-11(10)14-4/h5,7-8,12H,6H2,1-4H3. The van der Waals surface area contributed by atoms with Gasteiger partial charge in [0.1, 0.15) is 5.75 Å². The summed E-state index contributed by atoms with van der Waals surface area (Å²) in [6.07, 6.45) is 1.86. The van der Waals surface area contributed by atoms with Crippen LogP contribution in [0.3, 0.4) is 0 Å². The third kappa shape index (κ3) is 3.00. The molecule has 0 spiro atoms. The Hall–Kier alpha value is -1.09. The van der Waals surface area contributed by atoms with Gasteiger partial charge in [-0.1, -0.05) is 13.8 Å². The molecule has 0 amide bonds. The van der Waals surface area contributed by atoms with Crippen LogP contribution < -0.4 is 10.1 Å². The number of pyridine rings is 1. The van der Waals surface area contributed by atoms with E-state index in [1.54, 1.807) is 7.11 Å². The molecule has 14 heavy (non-hydrogen) atoms. The summed E-state index contributed by atoms with van der Waals surface area (Å²) in [6.45, 7) is 7.00. The van der Waals surface area contributed by atoms with Crippen LogP contribution in [0.15, 0.2) is 12.3 Å². The zero-order valence-electron chi connectivity index (χ0n) is 9.29. The minimum absolute atomic E-state index is 0.473. The van der Waals surface area contributed by atoms with E-state index in [2.05, 4.69) is 24.1 Å². The zero-order chi connectivity index (χ0) is 10.6. The highest BCUT2D eigenvalue weighted by molar-refractivity contribution is 5.32. The van der Waals surface area contributed by atoms with Crippen LogP contribution in [0.1, 0.15) is 25.1 Å². The van der Waals surface area contributed by atoms with Crippen LogP contribution in [0.25, 0.3) is 0 Å². The summed E-state index contributed by atoms with van der Waals surface area (Å²) in [7, 11) is 1.69. The van der Waals surface area contributed by atoms with Crippen molar-refractivity contribution in [1.29, 1.82) is 0 Å². The van der Waals surface area contributed by atoms with Gasteiger partial charge in [0.25, 0.3) is 0 Å². The molecule has 0 fully saturated rings. The van der Waals surface area contributed by atoms with Crippen LogP contribution in [0, 0.1) is 6.92 Å². The maximum absolute atomic E-state index is 5.28. The number of ether oxygens (including phenoxy) is 1. The second-order valence-corrected chi connectivity index (χ2v) is 3.67. The third-order valence-corrected chi connectivity index (χ3v) is 2.00. The predicted octanol–water partition coefficient (Wildman–Crippen LogP) is 1.90. The molecular formula is C11H18N2O. The van der Waals surface area contributed by atoms with E-state index in [-0.39, 0.29) is 0 Å². The Morgan fingerprint density at radius 3 is 2.79 bits per heavy atom. The van der Waals surface area contributed by atoms with E-state index in [4.69, 9.17) is 4.74 Å². The molecule has 3 heteroatoms. The smallest absolute Gasteiger partial charge is 0.126 e. The Morgan fingerprint density at radius 1 is 1.50 bits per heavy atom. The summed E-state index contributed by atoms with van der Waals surface area (Å²) in [4.78, 5) is 4.25. The molecule has 0 aliphatic rings. The first-order valence-electron chi connectivity index (χ1n) is 4.86. The van der Waals surface area contributed by atoms with E-state index >= 15 is 0 Å². The van der Waals surface area contributed by atoms with Crippen LogP contribution in [0.4, 0.5) is 0 Å². The Kier molecular flexibility index (Phi) is 3.89. The first-order valence-corrected chi connectivity index (χ1v) is 4.86. The topological polar surface area (TPSA) is 34.1 Å². The Bertz CT molecular complexity index is 297. The lowest BCUT2D eigenvalue weighted by atomic mass is 10.2. The summed E-state index contributed by atoms with van der Waals surface area (Å²) in [5, 5.41) is 3.34. The van der Waals surface area contributed by atoms with Gasteiger partial charge >= 0.3 is 0 Å². The highest BCUT2D eigenvalue weighted by atomic mass is 16.5. The van der Waals surface area contributed by atoms with Gasteiger partial charge in [0.2, 0.25) is 0 Å². The summed E-state index contributed by atoms with van der Waals surface area (Å²) in [6, 6.07) is 2.43. The van der Waals surface area contributed by atoms with Crippen molar-refractivity contribution in [2.24, 2.45) is 0 Å². The van der Waals surface area contributed by atoms with Crippen LogP contribution in [-0.4, -0.2) is 18.1 Å². The van der Waals surface area contributed by atoms with E-state index in [9.17, 15) is 0 Å². The fraction of sp³-hybridized carbons (Fsp3) is 0.545. The van der Waals surface area contributed by atoms with Crippen molar-refractivity contribution in [3.63, 3.8) is 0 Å². The lowest BCUT2D eigenvalue weighted by Gasteiger charge is -2.11. The maximum atomic E-state index is 5.28. The van der Waals surface area contributed by atoms with Gasteiger partial charge in [-0.15, -0.1) is 0 Å². The van der Waals surface area contributed by atoms with Gasteiger partial charge in [-0.2, -0.15) is 0 Å². The van der Waals surface area contributed by atoms with E-state index in [0.29, 0.717) is 6.04 Å². The quantitative estimate of drug-likeness (QED) is 0.795. The largest absolute Gasteiger partial charge is 0.496 e. The number of nitrogens with zero attached hydrogens (tertiary/aromatic N) is 1. The number of rotatable bonds is 4. The van der Waals surface area contributed by atoms with Crippen molar-refractivity contribution in [3.05, 3.63) is 23.5 Å². The Morgan fingerprint density at radius 2 is 2.21 bits per heavy atom. The first-order chi connectivity index (χ1) is 6.63. The first kappa shape index (κ1) is 11.0. The van der Waals surface area contributed by atoms with Crippen molar-refractivity contribution in [2.75, 3.05) is 7.11 Å². The molecule has 1 aromatic heterocycles. The summed E-state index contributed by atoms with van der Waals surface area (Å²) >= 11 is 0. The second-order valence-electron chi connectivity index (χ2n) is 3.67. The summed E-state index contributed by atoms with van der Waals surface area (Å²) < 4.78 is 5.28. The number of nitrogens with one attached hydrogen (secondary N) is 1. The highest BCUT2D eigenvalue weighted by Crippen LogP contribution is 2.17. The molecule has 0 unspecified atom stereocenters. The van der Waals surface area contributed by atoms with Crippen molar-refractivity contribution in [3.8, 4) is 5.75 Å². The predicted molar refractivity (Wildman–Crippen MR) is 57.5 cm³/mol. The van der Waals surface area contributed by atoms with Crippen LogP contribution in [0.2, 0.25) is 0 Å². The molecule has 0 aliphatic heterocycles. The number of hydrogen-bond acceptors (Lipinski definition) is 3. The highest BCUT2D eigenvalue weighted by Gasteiger charge is 2.04. The molecule has 1 N–H and O–H groups in total. The minimum atomic E-state index is 0.473. The van der Waals surface area contributed by atoms with Gasteiger partial charge < -0.3 is 10.1 Å². The van der Waals surface area contributed by atoms with Gasteiger partial charge in [-0.25, -0.2) is 0 Å². The molecule has 0 saturated heterocycles. The summed E-state index contributed by atoms with van der Waals surface area (Å²) in [5.41, 5.74) is 2.09. The van der Waals surface area contributed by atoms with Gasteiger partial charge in [0.15, 0.2) is 0 Å². The lowest BCUT2D eigenvalue weighted by molar-refractivity contribution is 0.405. The fourth-order valence-corrected chi connectivity index (χ4v) is 1.20. The average Bonchev–Trinajstić information content (AvgIpc) is 2.15. The fourth-order valence-electron chi connectivity index (χ4n) is 1.20. The Labute approximate surface area is 85.5 Å². The molecule has 0 aliphatic carbocycles. The van der Waals surface area contributed by atoms with E-state index in [1.807, 2.05) is 19.2 Å². The van der Waals surface area contributed by atoms with Gasteiger partial charge in [0.05, 0.1) is 7.11 Å². The molecule has 0 saturated carbocycles. The van der Waals surface area contributed by atoms with E-state index in [1.165, 1.54) is 0 Å². The number of methoxy groups -OCH3 is 1. The van der Waals surface area contributed by atoms with Crippen molar-refractivity contribution in [2.45, 2.75) is 33.4 Å². The van der Waals surface area contributed by atoms with Crippen molar-refractivity contribution in [1.82, 2.24) is 10.3 Å². The molecule has 1 rings (SSSR count). The maximum Gasteiger partial charge on any atom is 0.126 e. The molecule has 1 heterocycles. The molecule has 3 nitrogen and oxygen atoms in total. The van der Waals surface area contributed by atoms with Gasteiger partial charge in [0, 0.05) is 36.1 Å². The normalized spacial score (nSPS) is 10.6. The lowest BCUT2D eigenvalue weighted by Crippen LogP contribution is -2.22. The average molecular weight is 194 g/mol. The zero-order valence-corrected chi connectivity index (χ0v) is 9.29. The molecule has 0 atom stereocenters. The molecule has 78 valence electrons. The number of aromatic nitrogens is 1. The molecule has 1 aromatic rings. The summed E-state index contributed by atoms with van der Waals surface area (Å²) in [5.74, 6) is 0.908. The third-order valence-electron chi connectivity index (χ3n) is 2.00. The van der Waals surface area contributed by atoms with E-state index < -0.39 is 0 Å². The molecule has 0 radical (unpaired) electrons. The molecule has 0 aromatic carbocycles. The van der Waals surface area contributed by atoms with Gasteiger partial charge in [-0.3, -0.25) is 4.98 Å². The minimum Gasteiger partial charge on any atom is -0.496 e. The molecule has 0 bridgehead atoms. The molecular weight excluding hydrogens is 176 g/mol. The number of aryl methyl sites for hydroxylation is 1. The van der Waals surface area contributed by atoms with Crippen LogP contribution >= 0.6 is 0 Å². The van der Waals surface area contributed by atoms with Crippen molar-refractivity contribution < 1.29 is 4.74 Å². The van der Waals surface area contributed by atoms with Gasteiger partial charge in [-0.05, 0) is 6.92 Å². The second kappa shape index (κ2) is 4.96. The van der Waals surface area contributed by atoms with Crippen molar-refractivity contribution >= 4 is 0 Å². The number of hydrogen-bond donors (Lipinski definition) is 1. The van der Waals surface area contributed by atoms with Crippen LogP contribution in [-0.2, 0) is 6.54 Å². The van der Waals surface area contributed by atoms with Crippen LogP contribution in [0.5, 0.6) is 5.75 Å².